The van der Waals surface area contributed by atoms with Gasteiger partial charge in [0.25, 0.3) is 0 Å². The number of carbonyl (C=O) groups excluding carboxylic acids is 1. The summed E-state index contributed by atoms with van der Waals surface area (Å²) in [5.41, 5.74) is -0.181. The van der Waals surface area contributed by atoms with Crippen molar-refractivity contribution in [2.75, 3.05) is 0 Å². The van der Waals surface area contributed by atoms with Gasteiger partial charge in [0.2, 0.25) is 0 Å². The van der Waals surface area contributed by atoms with Crippen molar-refractivity contribution in [3.8, 4) is 0 Å². The van der Waals surface area contributed by atoms with Crippen molar-refractivity contribution in [3.63, 3.8) is 0 Å². The van der Waals surface area contributed by atoms with Gasteiger partial charge in [0.15, 0.2) is 5.78 Å². The summed E-state index contributed by atoms with van der Waals surface area (Å²) in [6.45, 7) is 0. The molecule has 0 radical (unpaired) electrons. The van der Waals surface area contributed by atoms with Crippen molar-refractivity contribution in [2.24, 2.45) is 4.99 Å². The van der Waals surface area contributed by atoms with Crippen molar-refractivity contribution in [3.05, 3.63) is 60.2 Å². The van der Waals surface area contributed by atoms with E-state index in [0.717, 1.165) is 23.6 Å². The third-order valence-electron chi connectivity index (χ3n) is 4.62. The fourth-order valence-electron chi connectivity index (χ4n) is 3.25. The van der Waals surface area contributed by atoms with Crippen LogP contribution in [0.1, 0.15) is 42.5 Å². The summed E-state index contributed by atoms with van der Waals surface area (Å²) in [6.07, 6.45) is 8.31. The molecule has 0 fully saturated rings. The van der Waals surface area contributed by atoms with Crippen molar-refractivity contribution in [1.29, 1.82) is 0 Å². The zero-order valence-electron chi connectivity index (χ0n) is 14.0. The van der Waals surface area contributed by atoms with Gasteiger partial charge >= 0.3 is 5.97 Å². The Morgan fingerprint density at radius 2 is 1.80 bits per heavy atom. The van der Waals surface area contributed by atoms with E-state index in [4.69, 9.17) is 5.11 Å². The summed E-state index contributed by atoms with van der Waals surface area (Å²) in [7, 11) is 0. The van der Waals surface area contributed by atoms with Gasteiger partial charge in [-0.25, -0.2) is 0 Å². The van der Waals surface area contributed by atoms with E-state index in [-0.39, 0.29) is 12.2 Å². The number of ketones is 1. The number of rotatable bonds is 8. The lowest BCUT2D eigenvalue weighted by molar-refractivity contribution is -0.137. The molecular weight excluding hydrogens is 314 g/mol. The van der Waals surface area contributed by atoms with Crippen molar-refractivity contribution in [2.45, 2.75) is 37.6 Å². The molecule has 2 aromatic carbocycles. The first-order valence-electron chi connectivity index (χ1n) is 8.59. The fourth-order valence-corrected chi connectivity index (χ4v) is 3.25. The molecule has 128 valence electrons. The average molecular weight is 335 g/mol. The molecule has 1 aliphatic heterocycles. The molecule has 0 saturated carbocycles. The van der Waals surface area contributed by atoms with Gasteiger partial charge < -0.3 is 5.11 Å². The molecule has 4 nitrogen and oxygen atoms in total. The van der Waals surface area contributed by atoms with Gasteiger partial charge in [-0.2, -0.15) is 0 Å². The minimum absolute atomic E-state index is 0.00138. The Morgan fingerprint density at radius 3 is 2.52 bits per heavy atom. The standard InChI is InChI=1S/C21H21NO3/c23-19(24)9-2-1-5-12-21(13-6-14-22-21)20(25)18-11-10-16-7-3-4-8-17(16)15-18/h3-4,6-8,10-11,13-15H,1-2,5,9,12H2,(H,23,24). The van der Waals surface area contributed by atoms with Gasteiger partial charge in [-0.3, -0.25) is 14.6 Å². The van der Waals surface area contributed by atoms with Crippen LogP contribution in [0.25, 0.3) is 10.8 Å². The normalized spacial score (nSPS) is 18.7. The van der Waals surface area contributed by atoms with E-state index >= 15 is 0 Å². The zero-order valence-corrected chi connectivity index (χ0v) is 14.0. The van der Waals surface area contributed by atoms with Gasteiger partial charge in [0.1, 0.15) is 5.54 Å². The Labute approximate surface area is 146 Å². The molecule has 0 aliphatic carbocycles. The minimum Gasteiger partial charge on any atom is -0.481 e. The molecule has 3 rings (SSSR count). The van der Waals surface area contributed by atoms with Crippen LogP contribution in [0.5, 0.6) is 0 Å². The number of fused-ring (bicyclic) bond motifs is 1. The van der Waals surface area contributed by atoms with Crippen LogP contribution in [0.2, 0.25) is 0 Å². The van der Waals surface area contributed by atoms with Crippen LogP contribution in [0.3, 0.4) is 0 Å². The van der Waals surface area contributed by atoms with E-state index in [1.54, 1.807) is 6.21 Å². The Morgan fingerprint density at radius 1 is 1.00 bits per heavy atom. The lowest BCUT2D eigenvalue weighted by Gasteiger charge is -2.23. The predicted octanol–water partition coefficient (Wildman–Crippen LogP) is 4.44. The molecule has 0 spiro atoms. The van der Waals surface area contributed by atoms with Gasteiger partial charge in [0, 0.05) is 18.2 Å². The van der Waals surface area contributed by atoms with E-state index in [9.17, 15) is 9.59 Å². The van der Waals surface area contributed by atoms with E-state index in [1.807, 2.05) is 54.6 Å². The number of carboxylic acids is 1. The van der Waals surface area contributed by atoms with E-state index in [0.29, 0.717) is 18.4 Å². The third-order valence-corrected chi connectivity index (χ3v) is 4.62. The van der Waals surface area contributed by atoms with Crippen LogP contribution < -0.4 is 0 Å². The largest absolute Gasteiger partial charge is 0.481 e. The van der Waals surface area contributed by atoms with Crippen LogP contribution in [0.15, 0.2) is 59.6 Å². The Kier molecular flexibility index (Phi) is 5.08. The summed E-state index contributed by atoms with van der Waals surface area (Å²) in [5.74, 6) is -0.776. The first-order valence-corrected chi connectivity index (χ1v) is 8.59. The number of Topliss-reactive ketones (excluding diaryl/α,β-unsaturated/α-hetero) is 1. The maximum atomic E-state index is 13.1. The smallest absolute Gasteiger partial charge is 0.303 e. The number of allylic oxidation sites excluding steroid dienone is 1. The number of nitrogens with zero attached hydrogens (tertiary/aromatic N) is 1. The highest BCUT2D eigenvalue weighted by Crippen LogP contribution is 2.30. The molecule has 1 heterocycles. The van der Waals surface area contributed by atoms with Crippen molar-refractivity contribution in [1.82, 2.24) is 0 Å². The van der Waals surface area contributed by atoms with E-state index < -0.39 is 11.5 Å². The van der Waals surface area contributed by atoms with Crippen LogP contribution >= 0.6 is 0 Å². The van der Waals surface area contributed by atoms with Crippen LogP contribution in [0, 0.1) is 0 Å². The second kappa shape index (κ2) is 7.43. The van der Waals surface area contributed by atoms with E-state index in [1.165, 1.54) is 0 Å². The number of hydrogen-bond donors (Lipinski definition) is 1. The predicted molar refractivity (Wildman–Crippen MR) is 99.4 cm³/mol. The van der Waals surface area contributed by atoms with Crippen molar-refractivity contribution >= 4 is 28.7 Å². The molecule has 0 amide bonds. The first kappa shape index (κ1) is 17.1. The summed E-state index contributed by atoms with van der Waals surface area (Å²) in [4.78, 5) is 28.2. The molecule has 0 bridgehead atoms. The number of unbranched alkanes of at least 4 members (excludes halogenated alkanes) is 2. The number of carbonyl (C=O) groups is 2. The molecule has 1 N–H and O–H groups in total. The summed E-state index contributed by atoms with van der Waals surface area (Å²) in [6, 6.07) is 13.7. The molecule has 0 saturated heterocycles. The highest BCUT2D eigenvalue weighted by Gasteiger charge is 2.36. The number of aliphatic carboxylic acids is 1. The SMILES string of the molecule is O=C(O)CCCCCC1(C(=O)c2ccc3ccccc3c2)C=CC=N1. The molecule has 4 heteroatoms. The van der Waals surface area contributed by atoms with Crippen molar-refractivity contribution < 1.29 is 14.7 Å². The monoisotopic (exact) mass is 335 g/mol. The second-order valence-electron chi connectivity index (χ2n) is 6.41. The zero-order chi connectivity index (χ0) is 17.7. The first-order chi connectivity index (χ1) is 12.1. The Bertz CT molecular complexity index is 839. The number of aliphatic imine (C=N–C) groups is 1. The van der Waals surface area contributed by atoms with Crippen LogP contribution in [0.4, 0.5) is 0 Å². The lowest BCUT2D eigenvalue weighted by Crippen LogP contribution is -2.33. The number of carboxylic acid groups (broad SMARTS) is 1. The van der Waals surface area contributed by atoms with Gasteiger partial charge in [-0.1, -0.05) is 49.2 Å². The molecule has 25 heavy (non-hydrogen) atoms. The maximum Gasteiger partial charge on any atom is 0.303 e. The number of benzene rings is 2. The van der Waals surface area contributed by atoms with Crippen LogP contribution in [-0.2, 0) is 4.79 Å². The van der Waals surface area contributed by atoms with Gasteiger partial charge in [-0.05, 0) is 41.8 Å². The van der Waals surface area contributed by atoms with E-state index in [2.05, 4.69) is 4.99 Å². The molecular formula is C21H21NO3. The summed E-state index contributed by atoms with van der Waals surface area (Å²) >= 11 is 0. The molecule has 1 unspecified atom stereocenters. The third kappa shape index (κ3) is 3.85. The van der Waals surface area contributed by atoms with Gasteiger partial charge in [0.05, 0.1) is 0 Å². The molecule has 1 aliphatic rings. The Hall–Kier alpha value is -2.75. The highest BCUT2D eigenvalue weighted by molar-refractivity contribution is 6.09. The quantitative estimate of drug-likeness (QED) is 0.573. The highest BCUT2D eigenvalue weighted by atomic mass is 16.4. The average Bonchev–Trinajstić information content (AvgIpc) is 3.10. The lowest BCUT2D eigenvalue weighted by atomic mass is 9.84. The number of hydrogen-bond acceptors (Lipinski definition) is 3. The summed E-state index contributed by atoms with van der Waals surface area (Å²) in [5, 5.41) is 10.9. The summed E-state index contributed by atoms with van der Waals surface area (Å²) < 4.78 is 0. The fraction of sp³-hybridized carbons (Fsp3) is 0.286. The minimum atomic E-state index is -0.842. The second-order valence-corrected chi connectivity index (χ2v) is 6.41. The Balaban J connectivity index is 1.75. The molecule has 2 aromatic rings. The maximum absolute atomic E-state index is 13.1. The molecule has 1 atom stereocenters. The van der Waals surface area contributed by atoms with Gasteiger partial charge in [-0.15, -0.1) is 0 Å². The van der Waals surface area contributed by atoms with Crippen LogP contribution in [-0.4, -0.2) is 28.6 Å². The molecule has 0 aromatic heterocycles. The topological polar surface area (TPSA) is 66.7 Å².